The first-order valence-electron chi connectivity index (χ1n) is 21.9. The average Bonchev–Trinajstić information content (AvgIpc) is 4.10. The molecular formula is C47H60N8O7. The van der Waals surface area contributed by atoms with Crippen molar-refractivity contribution < 1.29 is 33.3 Å². The summed E-state index contributed by atoms with van der Waals surface area (Å²) < 4.78 is 21.9. The second-order valence-electron chi connectivity index (χ2n) is 17.7. The number of nitrogens with zero attached hydrogens (tertiary/aromatic N) is 4. The first-order chi connectivity index (χ1) is 29.9. The van der Waals surface area contributed by atoms with Crippen molar-refractivity contribution in [1.82, 2.24) is 40.4 Å². The van der Waals surface area contributed by atoms with Gasteiger partial charge in [0.05, 0.1) is 55.8 Å². The van der Waals surface area contributed by atoms with Gasteiger partial charge < -0.3 is 44.4 Å². The van der Waals surface area contributed by atoms with E-state index >= 15 is 0 Å². The van der Waals surface area contributed by atoms with Gasteiger partial charge in [0.2, 0.25) is 5.91 Å². The van der Waals surface area contributed by atoms with Crippen molar-refractivity contribution in [3.8, 4) is 28.1 Å². The number of aromatic amines is 2. The van der Waals surface area contributed by atoms with Crippen molar-refractivity contribution in [2.24, 2.45) is 17.8 Å². The molecule has 0 bridgehead atoms. The standard InChI is InChI=1S/C47H60N8O7/c1-9-26(4)41(53-47(58)61-8)45(56)55-27(5)10-15-38(55)43-48-20-36(50-43)30-11-13-32-31(17-30)24-62-40-19-33-29(18-34(32)40)12-14-35-42(33)52-44(49-35)39-16-28(23-59-6)21-54(39)22-37(25(2)3)51-46(57)60-7/h11-14,17-20,25-28,37-39,41H,9-10,15-16,21-24H2,1-8H3,(H,48,50)(H,49,52)(H,51,57)(H,53,58)/t26-,27-,28-,37+,38-,39-,41?/m0/s1. The second-order valence-corrected chi connectivity index (χ2v) is 17.7. The Morgan fingerprint density at radius 2 is 1.73 bits per heavy atom. The number of alkyl carbamates (subject to hydrolysis) is 2. The lowest BCUT2D eigenvalue weighted by atomic mass is 9.92. The number of rotatable bonds is 13. The van der Waals surface area contributed by atoms with Crippen molar-refractivity contribution in [3.05, 3.63) is 65.9 Å². The van der Waals surface area contributed by atoms with Gasteiger partial charge in [0.25, 0.3) is 0 Å². The minimum Gasteiger partial charge on any atom is -0.488 e. The van der Waals surface area contributed by atoms with E-state index in [-0.39, 0.29) is 41.9 Å². The third kappa shape index (κ3) is 8.31. The van der Waals surface area contributed by atoms with Crippen molar-refractivity contribution in [2.45, 2.75) is 97.1 Å². The third-order valence-electron chi connectivity index (χ3n) is 13.4. The fraction of sp³-hybridized carbons (Fsp3) is 0.511. The lowest BCUT2D eigenvalue weighted by Crippen LogP contribution is -2.53. The zero-order valence-corrected chi connectivity index (χ0v) is 37.0. The molecule has 62 heavy (non-hydrogen) atoms. The predicted octanol–water partition coefficient (Wildman–Crippen LogP) is 7.88. The van der Waals surface area contributed by atoms with E-state index in [2.05, 4.69) is 81.8 Å². The van der Waals surface area contributed by atoms with Gasteiger partial charge in [-0.15, -0.1) is 0 Å². The molecule has 2 fully saturated rings. The second kappa shape index (κ2) is 18.0. The van der Waals surface area contributed by atoms with E-state index in [0.29, 0.717) is 25.7 Å². The van der Waals surface area contributed by atoms with Gasteiger partial charge in [0, 0.05) is 43.2 Å². The first-order valence-corrected chi connectivity index (χ1v) is 21.9. The van der Waals surface area contributed by atoms with Gasteiger partial charge in [-0.2, -0.15) is 0 Å². The number of amides is 3. The van der Waals surface area contributed by atoms with Crippen LogP contribution in [0.4, 0.5) is 9.59 Å². The summed E-state index contributed by atoms with van der Waals surface area (Å²) >= 11 is 0. The Balaban J connectivity index is 1.04. The quantitative estimate of drug-likeness (QED) is 0.0912. The predicted molar refractivity (Wildman–Crippen MR) is 236 cm³/mol. The maximum Gasteiger partial charge on any atom is 0.407 e. The van der Waals surface area contributed by atoms with Gasteiger partial charge in [-0.3, -0.25) is 9.69 Å². The summed E-state index contributed by atoms with van der Waals surface area (Å²) in [7, 11) is 4.44. The van der Waals surface area contributed by atoms with Crippen LogP contribution in [0.2, 0.25) is 0 Å². The van der Waals surface area contributed by atoms with Crippen LogP contribution in [-0.2, 0) is 25.6 Å². The van der Waals surface area contributed by atoms with Crippen LogP contribution < -0.4 is 15.4 Å². The Kier molecular flexibility index (Phi) is 12.5. The van der Waals surface area contributed by atoms with E-state index in [0.717, 1.165) is 99.4 Å². The number of hydrogen-bond acceptors (Lipinski definition) is 10. The van der Waals surface area contributed by atoms with E-state index in [1.807, 2.05) is 31.9 Å². The monoisotopic (exact) mass is 848 g/mol. The lowest BCUT2D eigenvalue weighted by molar-refractivity contribution is -0.137. The number of benzene rings is 3. The van der Waals surface area contributed by atoms with Crippen molar-refractivity contribution >= 4 is 39.9 Å². The maximum atomic E-state index is 14.0. The molecule has 1 unspecified atom stereocenters. The molecule has 3 aliphatic rings. The molecule has 7 atom stereocenters. The molecule has 3 aliphatic heterocycles. The Hall–Kier alpha value is -5.67. The van der Waals surface area contributed by atoms with Crippen LogP contribution in [-0.4, -0.2) is 107 Å². The van der Waals surface area contributed by atoms with Crippen LogP contribution in [0.25, 0.3) is 44.2 Å². The lowest BCUT2D eigenvalue weighted by Gasteiger charge is -2.33. The molecule has 0 spiro atoms. The maximum absolute atomic E-state index is 14.0. The summed E-state index contributed by atoms with van der Waals surface area (Å²) in [5.41, 5.74) is 6.90. The topological polar surface area (TPSA) is 176 Å². The smallest absolute Gasteiger partial charge is 0.407 e. The van der Waals surface area contributed by atoms with Crippen molar-refractivity contribution in [1.29, 1.82) is 0 Å². The number of ether oxygens (including phenoxy) is 4. The molecule has 0 aliphatic carbocycles. The number of likely N-dealkylation sites (tertiary alicyclic amines) is 2. The molecule has 0 radical (unpaired) electrons. The highest BCUT2D eigenvalue weighted by atomic mass is 16.5. The number of aromatic nitrogens is 4. The minimum atomic E-state index is -0.696. The van der Waals surface area contributed by atoms with Gasteiger partial charge in [-0.1, -0.05) is 52.3 Å². The third-order valence-corrected chi connectivity index (χ3v) is 13.4. The molecule has 5 heterocycles. The normalized spacial score (nSPS) is 21.3. The molecule has 330 valence electrons. The number of nitrogens with one attached hydrogen (secondary N) is 4. The van der Waals surface area contributed by atoms with E-state index in [9.17, 15) is 14.4 Å². The van der Waals surface area contributed by atoms with Crippen LogP contribution in [0.15, 0.2) is 48.7 Å². The van der Waals surface area contributed by atoms with Gasteiger partial charge in [-0.05, 0) is 90.3 Å². The molecule has 15 nitrogen and oxygen atoms in total. The summed E-state index contributed by atoms with van der Waals surface area (Å²) in [6.07, 6.45) is 4.01. The largest absolute Gasteiger partial charge is 0.488 e. The fourth-order valence-corrected chi connectivity index (χ4v) is 9.66. The summed E-state index contributed by atoms with van der Waals surface area (Å²) in [5.74, 6) is 2.79. The number of H-pyrrole nitrogens is 2. The Bertz CT molecular complexity index is 2450. The van der Waals surface area contributed by atoms with Crippen molar-refractivity contribution in [2.75, 3.05) is 41.0 Å². The highest BCUT2D eigenvalue weighted by Crippen LogP contribution is 2.44. The number of methoxy groups -OCH3 is 3. The fourth-order valence-electron chi connectivity index (χ4n) is 9.66. The number of carbonyl (C=O) groups is 3. The number of carbonyl (C=O) groups excluding carboxylic acids is 3. The Morgan fingerprint density at radius 3 is 2.47 bits per heavy atom. The molecule has 8 rings (SSSR count). The van der Waals surface area contributed by atoms with Gasteiger partial charge in [0.1, 0.15) is 30.0 Å². The molecular weight excluding hydrogens is 789 g/mol. The van der Waals surface area contributed by atoms with Crippen LogP contribution in [0.1, 0.15) is 89.6 Å². The summed E-state index contributed by atoms with van der Waals surface area (Å²) in [6, 6.07) is 13.9. The minimum absolute atomic E-state index is 0.00683. The van der Waals surface area contributed by atoms with E-state index < -0.39 is 18.2 Å². The molecule has 3 amide bonds. The Labute approximate surface area is 362 Å². The summed E-state index contributed by atoms with van der Waals surface area (Å²) in [4.78, 5) is 60.0. The highest BCUT2D eigenvalue weighted by molar-refractivity contribution is 6.07. The SMILES string of the molecule is CC[C@H](C)C(NC(=O)OC)C(=O)N1[C@@H](C)CC[C@H]1c1ncc(-c2ccc3c(c2)COc2cc4c(ccc5[nH]c([C@@H]6C[C@H](COC)CN6C[C@@H](NC(=O)OC)C(C)C)nc54)cc2-3)[nH]1. The summed E-state index contributed by atoms with van der Waals surface area (Å²) in [5, 5.41) is 7.90. The first kappa shape index (κ1) is 43.0. The number of imidazole rings is 2. The van der Waals surface area contributed by atoms with Crippen LogP contribution in [0.3, 0.4) is 0 Å². The molecule has 5 aromatic rings. The molecule has 4 N–H and O–H groups in total. The molecule has 2 saturated heterocycles. The molecule has 2 aromatic heterocycles. The zero-order valence-electron chi connectivity index (χ0n) is 37.0. The van der Waals surface area contributed by atoms with E-state index in [4.69, 9.17) is 28.9 Å². The van der Waals surface area contributed by atoms with Crippen LogP contribution >= 0.6 is 0 Å². The van der Waals surface area contributed by atoms with Crippen molar-refractivity contribution in [3.63, 3.8) is 0 Å². The molecule has 15 heteroatoms. The van der Waals surface area contributed by atoms with E-state index in [1.165, 1.54) is 14.2 Å². The number of hydrogen-bond donors (Lipinski definition) is 4. The van der Waals surface area contributed by atoms with Gasteiger partial charge >= 0.3 is 12.2 Å². The number of fused-ring (bicyclic) bond motifs is 6. The van der Waals surface area contributed by atoms with E-state index in [1.54, 1.807) is 7.11 Å². The molecule has 0 saturated carbocycles. The van der Waals surface area contributed by atoms with Gasteiger partial charge in [0.15, 0.2) is 0 Å². The highest BCUT2D eigenvalue weighted by Gasteiger charge is 2.42. The summed E-state index contributed by atoms with van der Waals surface area (Å²) in [6.45, 7) is 12.8. The zero-order chi connectivity index (χ0) is 43.8. The Morgan fingerprint density at radius 1 is 0.935 bits per heavy atom. The van der Waals surface area contributed by atoms with Crippen LogP contribution in [0, 0.1) is 17.8 Å². The molecule has 3 aromatic carbocycles. The van der Waals surface area contributed by atoms with Crippen LogP contribution in [0.5, 0.6) is 5.75 Å². The van der Waals surface area contributed by atoms with Gasteiger partial charge in [-0.25, -0.2) is 19.6 Å². The average molecular weight is 849 g/mol.